The first-order valence-electron chi connectivity index (χ1n) is 7.51. The van der Waals surface area contributed by atoms with Crippen LogP contribution in [-0.4, -0.2) is 29.0 Å². The zero-order chi connectivity index (χ0) is 14.3. The standard InChI is InChI=1S/C15H29N3O/c1-6-9-16-14(15(12(4)5)19-8-3)13-10-17-18(7-2)11-13/h10-12,14-16H,6-9H2,1-5H3. The maximum Gasteiger partial charge on any atom is 0.0793 e. The summed E-state index contributed by atoms with van der Waals surface area (Å²) in [6.07, 6.45) is 5.40. The highest BCUT2D eigenvalue weighted by Crippen LogP contribution is 2.24. The molecule has 0 amide bonds. The van der Waals surface area contributed by atoms with Crippen molar-refractivity contribution in [2.45, 2.75) is 59.7 Å². The van der Waals surface area contributed by atoms with E-state index in [1.165, 1.54) is 5.56 Å². The third kappa shape index (κ3) is 4.62. The van der Waals surface area contributed by atoms with E-state index in [1.54, 1.807) is 0 Å². The Hall–Kier alpha value is -0.870. The molecule has 19 heavy (non-hydrogen) atoms. The molecular weight excluding hydrogens is 238 g/mol. The fourth-order valence-electron chi connectivity index (χ4n) is 2.30. The van der Waals surface area contributed by atoms with Gasteiger partial charge in [0.15, 0.2) is 0 Å². The third-order valence-electron chi connectivity index (χ3n) is 3.30. The van der Waals surface area contributed by atoms with Crippen molar-refractivity contribution in [2.75, 3.05) is 13.2 Å². The fourth-order valence-corrected chi connectivity index (χ4v) is 2.30. The minimum atomic E-state index is 0.186. The van der Waals surface area contributed by atoms with Crippen molar-refractivity contribution in [2.24, 2.45) is 5.92 Å². The average Bonchev–Trinajstić information content (AvgIpc) is 2.86. The molecule has 0 saturated carbocycles. The van der Waals surface area contributed by atoms with Gasteiger partial charge in [-0.1, -0.05) is 20.8 Å². The number of nitrogens with zero attached hydrogens (tertiary/aromatic N) is 2. The zero-order valence-corrected chi connectivity index (χ0v) is 13.0. The van der Waals surface area contributed by atoms with Crippen LogP contribution in [0.1, 0.15) is 52.6 Å². The summed E-state index contributed by atoms with van der Waals surface area (Å²) in [5.74, 6) is 0.472. The van der Waals surface area contributed by atoms with Crippen LogP contribution in [0.2, 0.25) is 0 Å². The molecule has 0 radical (unpaired) electrons. The lowest BCUT2D eigenvalue weighted by Crippen LogP contribution is -2.37. The molecule has 0 aromatic carbocycles. The molecule has 4 nitrogen and oxygen atoms in total. The molecule has 110 valence electrons. The Morgan fingerprint density at radius 3 is 2.53 bits per heavy atom. The molecule has 2 atom stereocenters. The molecule has 0 bridgehead atoms. The Morgan fingerprint density at radius 1 is 1.32 bits per heavy atom. The minimum Gasteiger partial charge on any atom is -0.376 e. The number of aryl methyl sites for hydroxylation is 1. The van der Waals surface area contributed by atoms with Crippen LogP contribution in [0.4, 0.5) is 0 Å². The van der Waals surface area contributed by atoms with Gasteiger partial charge in [0.1, 0.15) is 0 Å². The Kier molecular flexibility index (Phi) is 7.10. The molecule has 0 aliphatic carbocycles. The van der Waals surface area contributed by atoms with Gasteiger partial charge in [0, 0.05) is 24.9 Å². The fraction of sp³-hybridized carbons (Fsp3) is 0.800. The summed E-state index contributed by atoms with van der Waals surface area (Å²) in [6.45, 7) is 13.4. The van der Waals surface area contributed by atoms with Crippen LogP contribution < -0.4 is 5.32 Å². The summed E-state index contributed by atoms with van der Waals surface area (Å²) in [6, 6.07) is 0.222. The van der Waals surface area contributed by atoms with Crippen molar-refractivity contribution in [3.8, 4) is 0 Å². The maximum absolute atomic E-state index is 5.96. The molecule has 1 N–H and O–H groups in total. The van der Waals surface area contributed by atoms with E-state index in [2.05, 4.69) is 51.2 Å². The van der Waals surface area contributed by atoms with E-state index in [0.29, 0.717) is 5.92 Å². The van der Waals surface area contributed by atoms with Crippen LogP contribution in [0.25, 0.3) is 0 Å². The second-order valence-electron chi connectivity index (χ2n) is 5.23. The Balaban J connectivity index is 2.90. The van der Waals surface area contributed by atoms with Crippen molar-refractivity contribution in [1.82, 2.24) is 15.1 Å². The number of ether oxygens (including phenoxy) is 1. The minimum absolute atomic E-state index is 0.186. The van der Waals surface area contributed by atoms with E-state index in [0.717, 1.165) is 26.1 Å². The normalized spacial score (nSPS) is 14.8. The first-order chi connectivity index (χ1) is 9.13. The molecule has 0 aliphatic rings. The van der Waals surface area contributed by atoms with E-state index in [4.69, 9.17) is 4.74 Å². The zero-order valence-electron chi connectivity index (χ0n) is 13.0. The van der Waals surface area contributed by atoms with Crippen LogP contribution in [-0.2, 0) is 11.3 Å². The predicted molar refractivity (Wildman–Crippen MR) is 79.2 cm³/mol. The third-order valence-corrected chi connectivity index (χ3v) is 3.30. The molecule has 2 unspecified atom stereocenters. The Morgan fingerprint density at radius 2 is 2.05 bits per heavy atom. The smallest absolute Gasteiger partial charge is 0.0793 e. The summed E-state index contributed by atoms with van der Waals surface area (Å²) < 4.78 is 7.93. The largest absolute Gasteiger partial charge is 0.376 e. The number of rotatable bonds is 9. The molecule has 1 aromatic heterocycles. The highest BCUT2D eigenvalue weighted by Gasteiger charge is 2.27. The topological polar surface area (TPSA) is 39.1 Å². The van der Waals surface area contributed by atoms with Crippen LogP contribution in [0, 0.1) is 5.92 Å². The lowest BCUT2D eigenvalue weighted by atomic mass is 9.95. The van der Waals surface area contributed by atoms with E-state index in [9.17, 15) is 0 Å². The molecule has 4 heteroatoms. The highest BCUT2D eigenvalue weighted by atomic mass is 16.5. The second-order valence-corrected chi connectivity index (χ2v) is 5.23. The van der Waals surface area contributed by atoms with E-state index in [-0.39, 0.29) is 12.1 Å². The van der Waals surface area contributed by atoms with E-state index in [1.807, 2.05) is 10.9 Å². The predicted octanol–water partition coefficient (Wildman–Crippen LogP) is 3.00. The summed E-state index contributed by atoms with van der Waals surface area (Å²) in [5, 5.41) is 8.00. The molecule has 0 spiro atoms. The first-order valence-corrected chi connectivity index (χ1v) is 7.51. The Bertz CT molecular complexity index is 349. The van der Waals surface area contributed by atoms with Gasteiger partial charge >= 0.3 is 0 Å². The highest BCUT2D eigenvalue weighted by molar-refractivity contribution is 5.13. The van der Waals surface area contributed by atoms with Gasteiger partial charge in [0.25, 0.3) is 0 Å². The van der Waals surface area contributed by atoms with E-state index >= 15 is 0 Å². The van der Waals surface area contributed by atoms with Crippen molar-refractivity contribution in [3.63, 3.8) is 0 Å². The molecule has 0 saturated heterocycles. The first kappa shape index (κ1) is 16.2. The van der Waals surface area contributed by atoms with Gasteiger partial charge in [0.2, 0.25) is 0 Å². The maximum atomic E-state index is 5.96. The van der Waals surface area contributed by atoms with Crippen LogP contribution in [0.5, 0.6) is 0 Å². The SMILES string of the molecule is CCCNC(c1cnn(CC)c1)C(OCC)C(C)C. The van der Waals surface area contributed by atoms with Gasteiger partial charge in [-0.3, -0.25) is 4.68 Å². The van der Waals surface area contributed by atoms with Gasteiger partial charge < -0.3 is 10.1 Å². The van der Waals surface area contributed by atoms with Crippen molar-refractivity contribution >= 4 is 0 Å². The van der Waals surface area contributed by atoms with Gasteiger partial charge in [-0.05, 0) is 32.7 Å². The van der Waals surface area contributed by atoms with Gasteiger partial charge in [-0.2, -0.15) is 5.10 Å². The lowest BCUT2D eigenvalue weighted by molar-refractivity contribution is 0.00282. The summed E-state index contributed by atoms with van der Waals surface area (Å²) in [5.41, 5.74) is 1.22. The summed E-state index contributed by atoms with van der Waals surface area (Å²) in [4.78, 5) is 0. The number of hydrogen-bond acceptors (Lipinski definition) is 3. The van der Waals surface area contributed by atoms with Gasteiger partial charge in [-0.25, -0.2) is 0 Å². The van der Waals surface area contributed by atoms with Crippen LogP contribution in [0.15, 0.2) is 12.4 Å². The number of aromatic nitrogens is 2. The van der Waals surface area contributed by atoms with Crippen LogP contribution in [0.3, 0.4) is 0 Å². The van der Waals surface area contributed by atoms with Gasteiger partial charge in [0.05, 0.1) is 18.3 Å². The van der Waals surface area contributed by atoms with E-state index < -0.39 is 0 Å². The molecule has 1 heterocycles. The average molecular weight is 267 g/mol. The van der Waals surface area contributed by atoms with Crippen LogP contribution >= 0.6 is 0 Å². The number of hydrogen-bond donors (Lipinski definition) is 1. The molecule has 1 rings (SSSR count). The van der Waals surface area contributed by atoms with Gasteiger partial charge in [-0.15, -0.1) is 0 Å². The summed E-state index contributed by atoms with van der Waals surface area (Å²) in [7, 11) is 0. The van der Waals surface area contributed by atoms with Crippen molar-refractivity contribution in [1.29, 1.82) is 0 Å². The molecule has 0 aliphatic heterocycles. The van der Waals surface area contributed by atoms with Crippen molar-refractivity contribution < 1.29 is 4.74 Å². The molecule has 1 aromatic rings. The Labute approximate surface area is 117 Å². The second kappa shape index (κ2) is 8.33. The molecular formula is C15H29N3O. The van der Waals surface area contributed by atoms with Crippen molar-refractivity contribution in [3.05, 3.63) is 18.0 Å². The molecule has 0 fully saturated rings. The number of nitrogens with one attached hydrogen (secondary N) is 1. The lowest BCUT2D eigenvalue weighted by Gasteiger charge is -2.30. The summed E-state index contributed by atoms with van der Waals surface area (Å²) >= 11 is 0. The monoisotopic (exact) mass is 267 g/mol. The quantitative estimate of drug-likeness (QED) is 0.747.